The van der Waals surface area contributed by atoms with Gasteiger partial charge in [-0.25, -0.2) is 13.4 Å². The Hall–Kier alpha value is -2.30. The highest BCUT2D eigenvalue weighted by Crippen LogP contribution is 2.29. The zero-order chi connectivity index (χ0) is 15.5. The number of aromatic nitrogens is 1. The number of sulfonamides is 1. The summed E-state index contributed by atoms with van der Waals surface area (Å²) in [6, 6.07) is 9.02. The van der Waals surface area contributed by atoms with Crippen molar-refractivity contribution in [1.29, 1.82) is 5.26 Å². The molecule has 0 saturated heterocycles. The SMILES string of the molecule is COc1ccc(Cl)c(NS(=O)(=O)c2cccnc2C#N)c1. The summed E-state index contributed by atoms with van der Waals surface area (Å²) in [6.07, 6.45) is 1.34. The van der Waals surface area contributed by atoms with Crippen molar-refractivity contribution < 1.29 is 13.2 Å². The molecule has 21 heavy (non-hydrogen) atoms. The summed E-state index contributed by atoms with van der Waals surface area (Å²) >= 11 is 5.96. The highest BCUT2D eigenvalue weighted by molar-refractivity contribution is 7.92. The zero-order valence-electron chi connectivity index (χ0n) is 10.9. The average Bonchev–Trinajstić information content (AvgIpc) is 2.49. The molecule has 0 atom stereocenters. The minimum absolute atomic E-state index is 0.156. The lowest BCUT2D eigenvalue weighted by Crippen LogP contribution is -2.15. The molecule has 0 saturated carbocycles. The first-order chi connectivity index (χ1) is 9.97. The maximum Gasteiger partial charge on any atom is 0.264 e. The number of nitrogens with zero attached hydrogens (tertiary/aromatic N) is 2. The van der Waals surface area contributed by atoms with Crippen molar-refractivity contribution >= 4 is 27.3 Å². The molecule has 8 heteroatoms. The quantitative estimate of drug-likeness (QED) is 0.932. The predicted octanol–water partition coefficient (Wildman–Crippen LogP) is 2.42. The van der Waals surface area contributed by atoms with Crippen molar-refractivity contribution in [2.75, 3.05) is 11.8 Å². The average molecular weight is 324 g/mol. The Morgan fingerprint density at radius 2 is 2.14 bits per heavy atom. The van der Waals surface area contributed by atoms with Crippen LogP contribution in [0.4, 0.5) is 5.69 Å². The molecule has 1 heterocycles. The van der Waals surface area contributed by atoms with Gasteiger partial charge in [-0.2, -0.15) is 5.26 Å². The second-order valence-corrected chi connectivity index (χ2v) is 5.97. The smallest absolute Gasteiger partial charge is 0.264 e. The standard InChI is InChI=1S/C13H10ClN3O3S/c1-20-9-4-5-10(14)11(7-9)17-21(18,19)13-3-2-6-16-12(13)8-15/h2-7,17H,1H3. The summed E-state index contributed by atoms with van der Waals surface area (Å²) in [5.41, 5.74) is -0.0345. The Bertz CT molecular complexity index is 816. The Balaban J connectivity index is 2.45. The molecular formula is C13H10ClN3O3S. The largest absolute Gasteiger partial charge is 0.497 e. The highest BCUT2D eigenvalue weighted by atomic mass is 35.5. The zero-order valence-corrected chi connectivity index (χ0v) is 12.4. The molecule has 1 aromatic carbocycles. The lowest BCUT2D eigenvalue weighted by molar-refractivity contribution is 0.415. The van der Waals surface area contributed by atoms with Crippen molar-refractivity contribution in [3.63, 3.8) is 0 Å². The highest BCUT2D eigenvalue weighted by Gasteiger charge is 2.20. The first-order valence-electron chi connectivity index (χ1n) is 5.69. The number of pyridine rings is 1. The van der Waals surface area contributed by atoms with E-state index in [0.717, 1.165) is 0 Å². The monoisotopic (exact) mass is 323 g/mol. The number of anilines is 1. The summed E-state index contributed by atoms with van der Waals surface area (Å²) in [7, 11) is -2.52. The molecule has 0 unspecified atom stereocenters. The van der Waals surface area contributed by atoms with Crippen molar-refractivity contribution in [1.82, 2.24) is 4.98 Å². The fourth-order valence-corrected chi connectivity index (χ4v) is 3.00. The van der Waals surface area contributed by atoms with Gasteiger partial charge in [0.05, 0.1) is 17.8 Å². The van der Waals surface area contributed by atoms with Crippen LogP contribution in [0, 0.1) is 11.3 Å². The van der Waals surface area contributed by atoms with Crippen LogP contribution in [0.25, 0.3) is 0 Å². The Morgan fingerprint density at radius 1 is 1.38 bits per heavy atom. The predicted molar refractivity (Wildman–Crippen MR) is 77.8 cm³/mol. The van der Waals surface area contributed by atoms with Gasteiger partial charge in [0.15, 0.2) is 5.69 Å². The molecule has 0 aliphatic heterocycles. The third-order valence-corrected chi connectivity index (χ3v) is 4.31. The molecule has 108 valence electrons. The summed E-state index contributed by atoms with van der Waals surface area (Å²) in [6.45, 7) is 0. The molecule has 0 fully saturated rings. The van der Waals surface area contributed by atoms with Crippen molar-refractivity contribution in [2.24, 2.45) is 0 Å². The molecule has 1 aromatic heterocycles. The summed E-state index contributed by atoms with van der Waals surface area (Å²) in [5, 5.41) is 9.14. The second-order valence-electron chi connectivity index (χ2n) is 3.91. The van der Waals surface area contributed by atoms with Crippen molar-refractivity contribution in [3.8, 4) is 11.8 Å². The summed E-state index contributed by atoms with van der Waals surface area (Å²) < 4.78 is 32.0. The van der Waals surface area contributed by atoms with Gasteiger partial charge in [0.1, 0.15) is 16.7 Å². The number of hydrogen-bond donors (Lipinski definition) is 1. The topological polar surface area (TPSA) is 92.1 Å². The maximum absolute atomic E-state index is 12.3. The van der Waals surface area contributed by atoms with E-state index in [4.69, 9.17) is 21.6 Å². The van der Waals surface area contributed by atoms with Gasteiger partial charge < -0.3 is 4.74 Å². The number of methoxy groups -OCH3 is 1. The minimum atomic E-state index is -3.98. The van der Waals surface area contributed by atoms with E-state index >= 15 is 0 Å². The van der Waals surface area contributed by atoms with Crippen LogP contribution in [0.3, 0.4) is 0 Å². The van der Waals surface area contributed by atoms with E-state index < -0.39 is 10.0 Å². The molecule has 2 rings (SSSR count). The fourth-order valence-electron chi connectivity index (χ4n) is 1.60. The second kappa shape index (κ2) is 5.99. The van der Waals surface area contributed by atoms with Crippen LogP contribution < -0.4 is 9.46 Å². The number of benzene rings is 1. The summed E-state index contributed by atoms with van der Waals surface area (Å²) in [5.74, 6) is 0.448. The van der Waals surface area contributed by atoms with Gasteiger partial charge in [-0.15, -0.1) is 0 Å². The van der Waals surface area contributed by atoms with Crippen LogP contribution in [0.1, 0.15) is 5.69 Å². The van der Waals surface area contributed by atoms with Gasteiger partial charge in [0.2, 0.25) is 0 Å². The van der Waals surface area contributed by atoms with Crippen LogP contribution in [0.5, 0.6) is 5.75 Å². The molecule has 0 spiro atoms. The summed E-state index contributed by atoms with van der Waals surface area (Å²) in [4.78, 5) is 3.51. The maximum atomic E-state index is 12.3. The lowest BCUT2D eigenvalue weighted by Gasteiger charge is -2.11. The molecule has 6 nitrogen and oxygen atoms in total. The normalized spacial score (nSPS) is 10.7. The van der Waals surface area contributed by atoms with E-state index in [0.29, 0.717) is 5.75 Å². The Labute approximate surface area is 127 Å². The van der Waals surface area contributed by atoms with Gasteiger partial charge in [0, 0.05) is 12.3 Å². The van der Waals surface area contributed by atoms with Crippen LogP contribution in [0.15, 0.2) is 41.4 Å². The Morgan fingerprint density at radius 3 is 2.81 bits per heavy atom. The van der Waals surface area contributed by atoms with Gasteiger partial charge in [-0.1, -0.05) is 11.6 Å². The molecule has 1 N–H and O–H groups in total. The van der Waals surface area contributed by atoms with Crippen LogP contribution >= 0.6 is 11.6 Å². The van der Waals surface area contributed by atoms with E-state index in [1.807, 2.05) is 0 Å². The Kier molecular flexibility index (Phi) is 4.31. The van der Waals surface area contributed by atoms with E-state index in [2.05, 4.69) is 9.71 Å². The van der Waals surface area contributed by atoms with Gasteiger partial charge in [0.25, 0.3) is 10.0 Å². The van der Waals surface area contributed by atoms with E-state index in [-0.39, 0.29) is 21.3 Å². The molecule has 0 radical (unpaired) electrons. The molecule has 0 aliphatic carbocycles. The fraction of sp³-hybridized carbons (Fsp3) is 0.0769. The van der Waals surface area contributed by atoms with Crippen LogP contribution in [-0.4, -0.2) is 20.5 Å². The van der Waals surface area contributed by atoms with Crippen LogP contribution in [0.2, 0.25) is 5.02 Å². The lowest BCUT2D eigenvalue weighted by atomic mass is 10.3. The van der Waals surface area contributed by atoms with Gasteiger partial charge in [-0.3, -0.25) is 4.72 Å². The van der Waals surface area contributed by atoms with Crippen molar-refractivity contribution in [2.45, 2.75) is 4.90 Å². The molecule has 2 aromatic rings. The van der Waals surface area contributed by atoms with E-state index in [9.17, 15) is 8.42 Å². The molecule has 0 bridgehead atoms. The van der Waals surface area contributed by atoms with Gasteiger partial charge in [-0.05, 0) is 24.3 Å². The van der Waals surface area contributed by atoms with Gasteiger partial charge >= 0.3 is 0 Å². The number of hydrogen-bond acceptors (Lipinski definition) is 5. The number of ether oxygens (including phenoxy) is 1. The third-order valence-electron chi connectivity index (χ3n) is 2.58. The third kappa shape index (κ3) is 3.24. The molecule has 0 aliphatic rings. The first kappa shape index (κ1) is 15.1. The van der Waals surface area contributed by atoms with Crippen LogP contribution in [-0.2, 0) is 10.0 Å². The van der Waals surface area contributed by atoms with E-state index in [1.54, 1.807) is 12.1 Å². The number of nitrogens with one attached hydrogen (secondary N) is 1. The van der Waals surface area contributed by atoms with E-state index in [1.165, 1.54) is 37.6 Å². The first-order valence-corrected chi connectivity index (χ1v) is 7.55. The number of rotatable bonds is 4. The van der Waals surface area contributed by atoms with Crippen molar-refractivity contribution in [3.05, 3.63) is 47.2 Å². The molecule has 0 amide bonds. The minimum Gasteiger partial charge on any atom is -0.497 e. The number of halogens is 1. The number of nitriles is 1. The molecular weight excluding hydrogens is 314 g/mol.